The number of halogens is 1. The molecule has 1 unspecified atom stereocenters. The van der Waals surface area contributed by atoms with Crippen LogP contribution in [-0.4, -0.2) is 40.2 Å². The molecular formula is C26H28FN3O3S. The lowest BCUT2D eigenvalue weighted by Gasteiger charge is -2.32. The highest BCUT2D eigenvalue weighted by Crippen LogP contribution is 2.36. The smallest absolute Gasteiger partial charge is 0.250 e. The fourth-order valence-electron chi connectivity index (χ4n) is 4.27. The highest BCUT2D eigenvalue weighted by molar-refractivity contribution is 7.91. The number of ether oxygens (including phenoxy) is 2. The van der Waals surface area contributed by atoms with Gasteiger partial charge in [-0.1, -0.05) is 19.9 Å². The normalized spacial score (nSPS) is 18.1. The van der Waals surface area contributed by atoms with Crippen molar-refractivity contribution in [1.82, 2.24) is 9.97 Å². The molecule has 1 atom stereocenters. The van der Waals surface area contributed by atoms with Crippen LogP contribution in [0.5, 0.6) is 11.5 Å². The molecule has 2 aromatic carbocycles. The van der Waals surface area contributed by atoms with Gasteiger partial charge < -0.3 is 18.9 Å². The van der Waals surface area contributed by atoms with Crippen molar-refractivity contribution in [2.24, 2.45) is 5.92 Å². The molecule has 8 heteroatoms. The number of rotatable bonds is 6. The number of fused-ring (bicyclic) bond motifs is 1. The van der Waals surface area contributed by atoms with Gasteiger partial charge in [0, 0.05) is 36.7 Å². The zero-order valence-electron chi connectivity index (χ0n) is 19.4. The molecule has 1 aromatic heterocycles. The summed E-state index contributed by atoms with van der Waals surface area (Å²) in [5, 5.41) is 0. The summed E-state index contributed by atoms with van der Waals surface area (Å²) in [6.07, 6.45) is 5.72. The predicted octanol–water partition coefficient (Wildman–Crippen LogP) is 5.16. The minimum Gasteiger partial charge on any atom is -0.609 e. The van der Waals surface area contributed by atoms with Crippen molar-refractivity contribution >= 4 is 17.1 Å². The lowest BCUT2D eigenvalue weighted by atomic mass is 9.98. The molecule has 0 amide bonds. The lowest BCUT2D eigenvalue weighted by Crippen LogP contribution is -2.36. The topological polar surface area (TPSA) is 70.5 Å². The third-order valence-electron chi connectivity index (χ3n) is 6.47. The monoisotopic (exact) mass is 481 g/mol. The zero-order chi connectivity index (χ0) is 23.7. The van der Waals surface area contributed by atoms with E-state index >= 15 is 0 Å². The Morgan fingerprint density at radius 3 is 2.53 bits per heavy atom. The average Bonchev–Trinajstić information content (AvgIpc) is 3.23. The molecular weight excluding hydrogens is 453 g/mol. The van der Waals surface area contributed by atoms with E-state index in [2.05, 4.69) is 28.7 Å². The predicted molar refractivity (Wildman–Crippen MR) is 130 cm³/mol. The van der Waals surface area contributed by atoms with E-state index in [-0.39, 0.29) is 11.7 Å². The standard InChI is InChI=1S/C26H28FN3O3S/c1-17(2)21-13-28-26(29-14-21)30-9-7-18(8-10-30)15-32-23-5-3-19(11-22(23)27)20-4-6-25-24(12-20)33-16-34(25)31/h3-6,11-14,17-18H,7-10,15-16H2,1-2H3. The van der Waals surface area contributed by atoms with Crippen LogP contribution in [0.15, 0.2) is 53.7 Å². The first-order valence-corrected chi connectivity index (χ1v) is 12.9. The maximum absolute atomic E-state index is 14.8. The fraction of sp³-hybridized carbons (Fsp3) is 0.385. The van der Waals surface area contributed by atoms with Crippen LogP contribution in [0.3, 0.4) is 0 Å². The summed E-state index contributed by atoms with van der Waals surface area (Å²) in [6, 6.07) is 10.4. The molecule has 34 heavy (non-hydrogen) atoms. The largest absolute Gasteiger partial charge is 0.609 e. The first kappa shape index (κ1) is 22.9. The van der Waals surface area contributed by atoms with Gasteiger partial charge in [-0.15, -0.1) is 0 Å². The maximum Gasteiger partial charge on any atom is 0.250 e. The van der Waals surface area contributed by atoms with E-state index in [4.69, 9.17) is 9.47 Å². The molecule has 0 saturated carbocycles. The number of hydrogen-bond acceptors (Lipinski definition) is 6. The SMILES string of the molecule is CC(C)c1cnc(N2CCC(COc3ccc(-c4ccc5c(c4)OC[S+]5[O-])cc3F)CC2)nc1. The molecule has 3 aromatic rings. The second-order valence-corrected chi connectivity index (χ2v) is 10.5. The minimum absolute atomic E-state index is 0.177. The van der Waals surface area contributed by atoms with Crippen molar-refractivity contribution in [3.63, 3.8) is 0 Å². The Kier molecular flexibility index (Phi) is 6.61. The van der Waals surface area contributed by atoms with Crippen LogP contribution in [0, 0.1) is 11.7 Å². The molecule has 178 valence electrons. The van der Waals surface area contributed by atoms with Crippen LogP contribution in [-0.2, 0) is 11.2 Å². The molecule has 3 heterocycles. The van der Waals surface area contributed by atoms with Gasteiger partial charge in [-0.3, -0.25) is 0 Å². The molecule has 6 nitrogen and oxygen atoms in total. The summed E-state index contributed by atoms with van der Waals surface area (Å²) in [4.78, 5) is 11.9. The van der Waals surface area contributed by atoms with Crippen LogP contribution >= 0.6 is 0 Å². The van der Waals surface area contributed by atoms with Crippen molar-refractivity contribution < 1.29 is 18.4 Å². The highest BCUT2D eigenvalue weighted by Gasteiger charge is 2.26. The summed E-state index contributed by atoms with van der Waals surface area (Å²) in [7, 11) is 0. The van der Waals surface area contributed by atoms with Gasteiger partial charge in [-0.25, -0.2) is 14.4 Å². The van der Waals surface area contributed by atoms with Crippen LogP contribution in [0.25, 0.3) is 11.1 Å². The van der Waals surface area contributed by atoms with Gasteiger partial charge in [0.2, 0.25) is 5.95 Å². The third kappa shape index (κ3) is 4.83. The molecule has 1 saturated heterocycles. The van der Waals surface area contributed by atoms with E-state index in [1.165, 1.54) is 6.07 Å². The third-order valence-corrected chi connectivity index (χ3v) is 7.63. The highest BCUT2D eigenvalue weighted by atomic mass is 32.2. The molecule has 0 N–H and O–H groups in total. The lowest BCUT2D eigenvalue weighted by molar-refractivity contribution is 0.215. The van der Waals surface area contributed by atoms with Gasteiger partial charge in [0.15, 0.2) is 22.2 Å². The van der Waals surface area contributed by atoms with Crippen LogP contribution in [0.2, 0.25) is 0 Å². The quantitative estimate of drug-likeness (QED) is 0.453. The van der Waals surface area contributed by atoms with Crippen molar-refractivity contribution in [2.75, 3.05) is 30.5 Å². The van der Waals surface area contributed by atoms with Gasteiger partial charge in [0.05, 0.1) is 6.61 Å². The van der Waals surface area contributed by atoms with Crippen molar-refractivity contribution in [3.05, 3.63) is 60.2 Å². The van der Waals surface area contributed by atoms with Gasteiger partial charge in [-0.05, 0) is 71.7 Å². The van der Waals surface area contributed by atoms with Gasteiger partial charge >= 0.3 is 0 Å². The number of piperidine rings is 1. The summed E-state index contributed by atoms with van der Waals surface area (Å²) >= 11 is -1.12. The number of anilines is 1. The molecule has 1 fully saturated rings. The second-order valence-electron chi connectivity index (χ2n) is 9.13. The van der Waals surface area contributed by atoms with E-state index < -0.39 is 17.0 Å². The van der Waals surface area contributed by atoms with Gasteiger partial charge in [0.25, 0.3) is 5.94 Å². The first-order valence-electron chi connectivity index (χ1n) is 11.6. The van der Waals surface area contributed by atoms with Crippen molar-refractivity contribution in [3.8, 4) is 22.6 Å². The Labute approximate surface area is 202 Å². The van der Waals surface area contributed by atoms with E-state index in [1.807, 2.05) is 30.6 Å². The van der Waals surface area contributed by atoms with E-state index in [9.17, 15) is 8.94 Å². The van der Waals surface area contributed by atoms with Crippen molar-refractivity contribution in [2.45, 2.75) is 37.5 Å². The Bertz CT molecular complexity index is 1150. The maximum atomic E-state index is 14.8. The second kappa shape index (κ2) is 9.80. The van der Waals surface area contributed by atoms with Gasteiger partial charge in [-0.2, -0.15) is 0 Å². The Morgan fingerprint density at radius 2 is 1.82 bits per heavy atom. The molecule has 2 aliphatic heterocycles. The molecule has 0 spiro atoms. The molecule has 2 aliphatic rings. The minimum atomic E-state index is -1.12. The van der Waals surface area contributed by atoms with Crippen LogP contribution in [0.1, 0.15) is 38.2 Å². The van der Waals surface area contributed by atoms with Crippen LogP contribution < -0.4 is 14.4 Å². The Balaban J connectivity index is 1.16. The number of nitrogens with zero attached hydrogens (tertiary/aromatic N) is 3. The average molecular weight is 482 g/mol. The van der Waals surface area contributed by atoms with Gasteiger partial charge in [0.1, 0.15) is 0 Å². The number of benzene rings is 2. The van der Waals surface area contributed by atoms with E-state index in [1.54, 1.807) is 12.1 Å². The Morgan fingerprint density at radius 1 is 1.12 bits per heavy atom. The summed E-state index contributed by atoms with van der Waals surface area (Å²) in [5.41, 5.74) is 2.69. The number of hydrogen-bond donors (Lipinski definition) is 0. The molecule has 0 bridgehead atoms. The van der Waals surface area contributed by atoms with E-state index in [0.717, 1.165) is 48.6 Å². The summed E-state index contributed by atoms with van der Waals surface area (Å²) in [5.74, 6) is 2.20. The van der Waals surface area contributed by atoms with Crippen molar-refractivity contribution in [1.29, 1.82) is 0 Å². The van der Waals surface area contributed by atoms with E-state index in [0.29, 0.717) is 29.1 Å². The summed E-state index contributed by atoms with van der Waals surface area (Å²) in [6.45, 7) is 6.47. The number of aromatic nitrogens is 2. The first-order chi connectivity index (χ1) is 16.5. The molecule has 0 aliphatic carbocycles. The fourth-order valence-corrected chi connectivity index (χ4v) is 5.19. The summed E-state index contributed by atoms with van der Waals surface area (Å²) < 4.78 is 37.9. The molecule has 5 rings (SSSR count). The zero-order valence-corrected chi connectivity index (χ0v) is 20.2. The Hall–Kier alpha value is -2.84. The van der Waals surface area contributed by atoms with Crippen LogP contribution in [0.4, 0.5) is 10.3 Å². The molecule has 0 radical (unpaired) electrons.